The topological polar surface area (TPSA) is 41.4 Å². The van der Waals surface area contributed by atoms with Gasteiger partial charge >= 0.3 is 0 Å². The first-order chi connectivity index (χ1) is 12.5. The van der Waals surface area contributed by atoms with Crippen LogP contribution in [-0.2, 0) is 18.3 Å². The van der Waals surface area contributed by atoms with Gasteiger partial charge in [-0.3, -0.25) is 14.4 Å². The summed E-state index contributed by atoms with van der Waals surface area (Å²) in [7, 11) is 1.93. The minimum Gasteiger partial charge on any atom is -0.340 e. The Balaban J connectivity index is 1.47. The molecule has 1 aliphatic heterocycles. The van der Waals surface area contributed by atoms with Gasteiger partial charge in [-0.25, -0.2) is 0 Å². The van der Waals surface area contributed by atoms with Crippen LogP contribution in [0.5, 0.6) is 0 Å². The van der Waals surface area contributed by atoms with Crippen LogP contribution in [0, 0.1) is 13.8 Å². The molecular weight excluding hydrogens is 324 g/mol. The Morgan fingerprint density at radius 2 is 1.81 bits per heavy atom. The molecule has 0 radical (unpaired) electrons. The second-order valence-corrected chi connectivity index (χ2v) is 6.94. The molecule has 1 aromatic heterocycles. The van der Waals surface area contributed by atoms with Gasteiger partial charge in [0.2, 0.25) is 5.91 Å². The SMILES string of the molecule is Cc1nn(C)c(C)c1CC(=O)N1CCN(C/C=C/c2ccccc2)CC1. The molecule has 1 aromatic carbocycles. The second kappa shape index (κ2) is 8.32. The van der Waals surface area contributed by atoms with Gasteiger partial charge in [-0.1, -0.05) is 42.5 Å². The lowest BCUT2D eigenvalue weighted by atomic mass is 10.1. The zero-order valence-corrected chi connectivity index (χ0v) is 16.0. The van der Waals surface area contributed by atoms with E-state index in [-0.39, 0.29) is 5.91 Å². The van der Waals surface area contributed by atoms with Crippen molar-refractivity contribution in [2.75, 3.05) is 32.7 Å². The summed E-state index contributed by atoms with van der Waals surface area (Å²) in [6, 6.07) is 10.3. The lowest BCUT2D eigenvalue weighted by molar-refractivity contribution is -0.132. The minimum atomic E-state index is 0.212. The van der Waals surface area contributed by atoms with E-state index < -0.39 is 0 Å². The van der Waals surface area contributed by atoms with Gasteiger partial charge in [0.05, 0.1) is 12.1 Å². The fourth-order valence-electron chi connectivity index (χ4n) is 3.42. The summed E-state index contributed by atoms with van der Waals surface area (Å²) >= 11 is 0. The van der Waals surface area contributed by atoms with Crippen LogP contribution in [0.2, 0.25) is 0 Å². The number of benzene rings is 1. The minimum absolute atomic E-state index is 0.212. The second-order valence-electron chi connectivity index (χ2n) is 6.94. The first kappa shape index (κ1) is 18.4. The van der Waals surface area contributed by atoms with Gasteiger partial charge in [0.1, 0.15) is 0 Å². The highest BCUT2D eigenvalue weighted by atomic mass is 16.2. The molecule has 3 rings (SSSR count). The van der Waals surface area contributed by atoms with E-state index in [9.17, 15) is 4.79 Å². The summed E-state index contributed by atoms with van der Waals surface area (Å²) in [4.78, 5) is 17.0. The van der Waals surface area contributed by atoms with Gasteiger partial charge in [-0.15, -0.1) is 0 Å². The molecule has 0 atom stereocenters. The molecule has 5 nitrogen and oxygen atoms in total. The molecular formula is C21H28N4O. The van der Waals surface area contributed by atoms with Crippen molar-refractivity contribution in [3.63, 3.8) is 0 Å². The third-order valence-corrected chi connectivity index (χ3v) is 5.19. The predicted octanol–water partition coefficient (Wildman–Crippen LogP) is 2.44. The maximum absolute atomic E-state index is 12.6. The molecule has 0 N–H and O–H groups in total. The van der Waals surface area contributed by atoms with Crippen molar-refractivity contribution in [1.82, 2.24) is 19.6 Å². The van der Waals surface area contributed by atoms with Gasteiger partial charge in [-0.2, -0.15) is 5.10 Å². The zero-order valence-electron chi connectivity index (χ0n) is 16.0. The van der Waals surface area contributed by atoms with Crippen molar-refractivity contribution >= 4 is 12.0 Å². The summed E-state index contributed by atoms with van der Waals surface area (Å²) in [5, 5.41) is 4.41. The maximum atomic E-state index is 12.6. The average molecular weight is 352 g/mol. The molecule has 5 heteroatoms. The van der Waals surface area contributed by atoms with Crippen LogP contribution in [0.25, 0.3) is 6.08 Å². The Kier molecular flexibility index (Phi) is 5.89. The first-order valence-corrected chi connectivity index (χ1v) is 9.25. The third kappa shape index (κ3) is 4.41. The van der Waals surface area contributed by atoms with Crippen molar-refractivity contribution in [2.45, 2.75) is 20.3 Å². The van der Waals surface area contributed by atoms with Crippen LogP contribution < -0.4 is 0 Å². The van der Waals surface area contributed by atoms with Crippen molar-refractivity contribution in [1.29, 1.82) is 0 Å². The zero-order chi connectivity index (χ0) is 18.5. The molecule has 0 bridgehead atoms. The van der Waals surface area contributed by atoms with Gasteiger partial charge in [0.15, 0.2) is 0 Å². The van der Waals surface area contributed by atoms with E-state index in [0.29, 0.717) is 6.42 Å². The highest BCUT2D eigenvalue weighted by Gasteiger charge is 2.22. The van der Waals surface area contributed by atoms with Crippen LogP contribution in [0.1, 0.15) is 22.5 Å². The molecule has 1 saturated heterocycles. The Morgan fingerprint density at radius 3 is 2.42 bits per heavy atom. The summed E-state index contributed by atoms with van der Waals surface area (Å²) in [5.74, 6) is 0.212. The Morgan fingerprint density at radius 1 is 1.12 bits per heavy atom. The summed E-state index contributed by atoms with van der Waals surface area (Å²) in [6.07, 6.45) is 4.82. The average Bonchev–Trinajstić information content (AvgIpc) is 2.89. The van der Waals surface area contributed by atoms with E-state index in [1.165, 1.54) is 5.56 Å². The molecule has 0 spiro atoms. The monoisotopic (exact) mass is 352 g/mol. The smallest absolute Gasteiger partial charge is 0.227 e. The largest absolute Gasteiger partial charge is 0.340 e. The summed E-state index contributed by atoms with van der Waals surface area (Å²) in [5.41, 5.74) is 4.35. The van der Waals surface area contributed by atoms with Crippen molar-refractivity contribution in [3.05, 3.63) is 58.9 Å². The molecule has 1 fully saturated rings. The quantitative estimate of drug-likeness (QED) is 0.830. The van der Waals surface area contributed by atoms with Crippen LogP contribution in [0.15, 0.2) is 36.4 Å². The van der Waals surface area contributed by atoms with E-state index in [2.05, 4.69) is 46.4 Å². The van der Waals surface area contributed by atoms with Gasteiger partial charge in [0.25, 0.3) is 0 Å². The number of carbonyl (C=O) groups excluding carboxylic acids is 1. The molecule has 0 saturated carbocycles. The number of hydrogen-bond donors (Lipinski definition) is 0. The highest BCUT2D eigenvalue weighted by molar-refractivity contribution is 5.79. The number of carbonyl (C=O) groups is 1. The van der Waals surface area contributed by atoms with Gasteiger partial charge in [0, 0.05) is 51.0 Å². The van der Waals surface area contributed by atoms with Crippen LogP contribution in [0.3, 0.4) is 0 Å². The maximum Gasteiger partial charge on any atom is 0.227 e. The van der Waals surface area contributed by atoms with Crippen molar-refractivity contribution < 1.29 is 4.79 Å². The number of nitrogens with zero attached hydrogens (tertiary/aromatic N) is 4. The van der Waals surface area contributed by atoms with Crippen LogP contribution in [0.4, 0.5) is 0 Å². The van der Waals surface area contributed by atoms with Gasteiger partial charge in [-0.05, 0) is 19.4 Å². The number of amides is 1. The number of rotatable bonds is 5. The Bertz CT molecular complexity index is 771. The van der Waals surface area contributed by atoms with Gasteiger partial charge < -0.3 is 4.90 Å². The normalized spacial score (nSPS) is 15.7. The molecule has 26 heavy (non-hydrogen) atoms. The molecule has 0 aliphatic carbocycles. The molecule has 1 amide bonds. The lowest BCUT2D eigenvalue weighted by Gasteiger charge is -2.34. The fourth-order valence-corrected chi connectivity index (χ4v) is 3.42. The molecule has 0 unspecified atom stereocenters. The van der Waals surface area contributed by atoms with Crippen molar-refractivity contribution in [3.8, 4) is 0 Å². The number of piperazine rings is 1. The van der Waals surface area contributed by atoms with Crippen molar-refractivity contribution in [2.24, 2.45) is 7.05 Å². The summed E-state index contributed by atoms with van der Waals surface area (Å²) < 4.78 is 1.86. The van der Waals surface area contributed by atoms with Crippen LogP contribution in [-0.4, -0.2) is 58.2 Å². The lowest BCUT2D eigenvalue weighted by Crippen LogP contribution is -2.49. The highest BCUT2D eigenvalue weighted by Crippen LogP contribution is 2.14. The Labute approximate surface area is 155 Å². The first-order valence-electron chi connectivity index (χ1n) is 9.25. The predicted molar refractivity (Wildman–Crippen MR) is 105 cm³/mol. The molecule has 2 aromatic rings. The molecule has 1 aliphatic rings. The molecule has 2 heterocycles. The number of hydrogen-bond acceptors (Lipinski definition) is 3. The number of aryl methyl sites for hydroxylation is 2. The molecule has 138 valence electrons. The number of aromatic nitrogens is 2. The van der Waals surface area contributed by atoms with Crippen LogP contribution >= 0.6 is 0 Å². The third-order valence-electron chi connectivity index (χ3n) is 5.19. The standard InChI is InChI=1S/C21H28N4O/c1-17-20(18(2)23(3)22-17)16-21(26)25-14-12-24(13-15-25)11-7-10-19-8-5-4-6-9-19/h4-10H,11-16H2,1-3H3/b10-7+. The van der Waals surface area contributed by atoms with E-state index in [0.717, 1.165) is 49.7 Å². The van der Waals surface area contributed by atoms with E-state index in [1.54, 1.807) is 0 Å². The summed E-state index contributed by atoms with van der Waals surface area (Å²) in [6.45, 7) is 8.39. The fraction of sp³-hybridized carbons (Fsp3) is 0.429. The van der Waals surface area contributed by atoms with E-state index in [1.807, 2.05) is 36.5 Å². The van der Waals surface area contributed by atoms with E-state index in [4.69, 9.17) is 0 Å². The van der Waals surface area contributed by atoms with E-state index >= 15 is 0 Å². The Hall–Kier alpha value is -2.40.